The first-order valence-corrected chi connectivity index (χ1v) is 8.56. The van der Waals surface area contributed by atoms with Gasteiger partial charge >= 0.3 is 0 Å². The molecule has 1 aromatic heterocycles. The molecule has 2 heterocycles. The number of aromatic nitrogens is 1. The van der Waals surface area contributed by atoms with Gasteiger partial charge in [-0.1, -0.05) is 0 Å². The van der Waals surface area contributed by atoms with Gasteiger partial charge in [0.2, 0.25) is 0 Å². The van der Waals surface area contributed by atoms with Gasteiger partial charge in [-0.3, -0.25) is 9.69 Å². The molecule has 1 N–H and O–H groups in total. The summed E-state index contributed by atoms with van der Waals surface area (Å²) in [6, 6.07) is 5.99. The van der Waals surface area contributed by atoms with Crippen molar-refractivity contribution in [2.45, 2.75) is 39.5 Å². The number of benzene rings is 1. The van der Waals surface area contributed by atoms with E-state index in [9.17, 15) is 4.79 Å². The minimum atomic E-state index is 0.136. The van der Waals surface area contributed by atoms with Gasteiger partial charge in [0.05, 0.1) is 12.2 Å². The van der Waals surface area contributed by atoms with Crippen LogP contribution in [0.25, 0.3) is 10.9 Å². The Balaban J connectivity index is 1.99. The number of hydrogen-bond acceptors (Lipinski definition) is 4. The van der Waals surface area contributed by atoms with Crippen LogP contribution in [0.5, 0.6) is 0 Å². The van der Waals surface area contributed by atoms with Crippen LogP contribution >= 0.6 is 0 Å². The van der Waals surface area contributed by atoms with E-state index in [0.717, 1.165) is 40.9 Å². The fraction of sp³-hybridized carbons (Fsp3) is 0.526. The first-order chi connectivity index (χ1) is 11.3. The second kappa shape index (κ2) is 6.57. The van der Waals surface area contributed by atoms with Crippen molar-refractivity contribution in [3.63, 3.8) is 0 Å². The van der Waals surface area contributed by atoms with Crippen LogP contribution in [-0.2, 0) is 11.3 Å². The molecule has 0 radical (unpaired) electrons. The molecule has 0 aliphatic carbocycles. The lowest BCUT2D eigenvalue weighted by Crippen LogP contribution is -2.45. The van der Waals surface area contributed by atoms with E-state index in [1.54, 1.807) is 0 Å². The number of aryl methyl sites for hydroxylation is 1. The summed E-state index contributed by atoms with van der Waals surface area (Å²) in [5, 5.41) is 0.760. The van der Waals surface area contributed by atoms with Crippen molar-refractivity contribution in [3.05, 3.63) is 39.7 Å². The smallest absolute Gasteiger partial charge is 0.194 e. The zero-order valence-corrected chi connectivity index (χ0v) is 15.2. The van der Waals surface area contributed by atoms with Gasteiger partial charge in [0.15, 0.2) is 5.43 Å². The number of hydrogen-bond donors (Lipinski definition) is 1. The maximum absolute atomic E-state index is 13.1. The van der Waals surface area contributed by atoms with E-state index in [0.29, 0.717) is 6.54 Å². The third kappa shape index (κ3) is 3.32. The van der Waals surface area contributed by atoms with Gasteiger partial charge in [-0.2, -0.15) is 0 Å². The maximum Gasteiger partial charge on any atom is 0.194 e. The number of morpholine rings is 1. The second-order valence-corrected chi connectivity index (χ2v) is 7.13. The lowest BCUT2D eigenvalue weighted by molar-refractivity contribution is -0.0706. The van der Waals surface area contributed by atoms with E-state index in [1.165, 1.54) is 0 Å². The molecule has 0 saturated carbocycles. The van der Waals surface area contributed by atoms with Gasteiger partial charge < -0.3 is 14.6 Å². The van der Waals surface area contributed by atoms with Crippen molar-refractivity contribution < 1.29 is 4.74 Å². The summed E-state index contributed by atoms with van der Waals surface area (Å²) >= 11 is 0. The average molecular weight is 329 g/mol. The van der Waals surface area contributed by atoms with Crippen molar-refractivity contribution >= 4 is 16.6 Å². The fourth-order valence-corrected chi connectivity index (χ4v) is 3.55. The number of pyridine rings is 1. The lowest BCUT2D eigenvalue weighted by Gasteiger charge is -2.35. The summed E-state index contributed by atoms with van der Waals surface area (Å²) < 4.78 is 5.79. The monoisotopic (exact) mass is 329 g/mol. The molecule has 1 aliphatic rings. The first kappa shape index (κ1) is 17.0. The van der Waals surface area contributed by atoms with Crippen LogP contribution in [0.3, 0.4) is 0 Å². The molecule has 130 valence electrons. The van der Waals surface area contributed by atoms with Gasteiger partial charge in [-0.25, -0.2) is 0 Å². The third-order valence-electron chi connectivity index (χ3n) is 4.69. The molecule has 24 heavy (non-hydrogen) atoms. The van der Waals surface area contributed by atoms with Crippen LogP contribution in [0.1, 0.15) is 25.1 Å². The number of nitrogens with zero attached hydrogens (tertiary/aromatic N) is 2. The maximum atomic E-state index is 13.1. The molecule has 1 saturated heterocycles. The molecule has 2 aromatic rings. The molecule has 0 bridgehead atoms. The zero-order chi connectivity index (χ0) is 17.4. The van der Waals surface area contributed by atoms with Gasteiger partial charge in [0.25, 0.3) is 0 Å². The van der Waals surface area contributed by atoms with E-state index >= 15 is 0 Å². The molecular weight excluding hydrogens is 302 g/mol. The summed E-state index contributed by atoms with van der Waals surface area (Å²) in [5.41, 5.74) is 3.89. The van der Waals surface area contributed by atoms with E-state index in [4.69, 9.17) is 4.74 Å². The Hall–Kier alpha value is -1.85. The molecule has 1 aliphatic heterocycles. The summed E-state index contributed by atoms with van der Waals surface area (Å²) in [6.45, 7) is 8.55. The lowest BCUT2D eigenvalue weighted by atomic mass is 10.1. The SMILES string of the molecule is Cc1[nH]c2ccc(N(C)C)cc2c(=O)c1CN1CC(C)OC(C)C1. The molecule has 1 fully saturated rings. The first-order valence-electron chi connectivity index (χ1n) is 8.56. The molecule has 1 aromatic carbocycles. The highest BCUT2D eigenvalue weighted by molar-refractivity contribution is 5.83. The third-order valence-corrected chi connectivity index (χ3v) is 4.69. The van der Waals surface area contributed by atoms with Crippen molar-refractivity contribution in [2.75, 3.05) is 32.1 Å². The Morgan fingerprint density at radius 2 is 1.92 bits per heavy atom. The standard InChI is InChI=1S/C19H27N3O2/c1-12-9-22(10-13(2)24-12)11-17-14(3)20-18-7-6-15(21(4)5)8-16(18)19(17)23/h6-8,12-13H,9-11H2,1-5H3,(H,20,23). The number of H-pyrrole nitrogens is 1. The number of nitrogens with one attached hydrogen (secondary N) is 1. The van der Waals surface area contributed by atoms with Crippen molar-refractivity contribution in [1.29, 1.82) is 0 Å². The van der Waals surface area contributed by atoms with Gasteiger partial charge in [-0.05, 0) is 39.0 Å². The largest absolute Gasteiger partial charge is 0.378 e. The Bertz CT molecular complexity index is 787. The summed E-state index contributed by atoms with van der Waals surface area (Å²) in [5.74, 6) is 0. The number of anilines is 1. The molecule has 5 nitrogen and oxygen atoms in total. The predicted octanol–water partition coefficient (Wildman–Crippen LogP) is 2.51. The van der Waals surface area contributed by atoms with Crippen molar-refractivity contribution in [3.8, 4) is 0 Å². The van der Waals surface area contributed by atoms with Crippen LogP contribution in [0, 0.1) is 6.92 Å². The molecule has 0 amide bonds. The van der Waals surface area contributed by atoms with Crippen molar-refractivity contribution in [2.24, 2.45) is 0 Å². The van der Waals surface area contributed by atoms with Crippen LogP contribution in [0.15, 0.2) is 23.0 Å². The highest BCUT2D eigenvalue weighted by Gasteiger charge is 2.23. The van der Waals surface area contributed by atoms with Crippen LogP contribution in [0.2, 0.25) is 0 Å². The fourth-order valence-electron chi connectivity index (χ4n) is 3.55. The van der Waals surface area contributed by atoms with E-state index in [-0.39, 0.29) is 17.6 Å². The molecule has 5 heteroatoms. The molecule has 2 atom stereocenters. The average Bonchev–Trinajstić information content (AvgIpc) is 2.50. The highest BCUT2D eigenvalue weighted by atomic mass is 16.5. The summed E-state index contributed by atoms with van der Waals surface area (Å²) in [6.07, 6.45) is 0.405. The normalized spacial score (nSPS) is 22.0. The van der Waals surface area contributed by atoms with Crippen LogP contribution < -0.4 is 10.3 Å². The number of rotatable bonds is 3. The topological polar surface area (TPSA) is 48.6 Å². The quantitative estimate of drug-likeness (QED) is 0.940. The molecule has 0 spiro atoms. The molecule has 3 rings (SSSR count). The Labute approximate surface area is 143 Å². The van der Waals surface area contributed by atoms with Crippen molar-refractivity contribution in [1.82, 2.24) is 9.88 Å². The van der Waals surface area contributed by atoms with Gasteiger partial charge in [-0.15, -0.1) is 0 Å². The second-order valence-electron chi connectivity index (χ2n) is 7.13. The van der Waals surface area contributed by atoms with E-state index in [2.05, 4.69) is 23.7 Å². The Morgan fingerprint density at radius 1 is 1.25 bits per heavy atom. The number of ether oxygens (including phenoxy) is 1. The van der Waals surface area contributed by atoms with E-state index in [1.807, 2.05) is 44.1 Å². The minimum absolute atomic E-state index is 0.136. The van der Waals surface area contributed by atoms with Crippen LogP contribution in [0.4, 0.5) is 5.69 Å². The van der Waals surface area contributed by atoms with Crippen LogP contribution in [-0.4, -0.2) is 49.3 Å². The summed E-state index contributed by atoms with van der Waals surface area (Å²) in [7, 11) is 3.97. The number of fused-ring (bicyclic) bond motifs is 1. The Kier molecular flexibility index (Phi) is 4.65. The predicted molar refractivity (Wildman–Crippen MR) is 98.9 cm³/mol. The van der Waals surface area contributed by atoms with Gasteiger partial charge in [0.1, 0.15) is 0 Å². The Morgan fingerprint density at radius 3 is 2.54 bits per heavy atom. The van der Waals surface area contributed by atoms with E-state index < -0.39 is 0 Å². The highest BCUT2D eigenvalue weighted by Crippen LogP contribution is 2.20. The van der Waals surface area contributed by atoms with Gasteiger partial charge in [0, 0.05) is 61.6 Å². The zero-order valence-electron chi connectivity index (χ0n) is 15.2. The molecular formula is C19H27N3O2. The molecule has 2 unspecified atom stereocenters. The minimum Gasteiger partial charge on any atom is -0.378 e. The summed E-state index contributed by atoms with van der Waals surface area (Å²) in [4.78, 5) is 20.8. The number of aromatic amines is 1.